The van der Waals surface area contributed by atoms with Crippen LogP contribution in [0.4, 0.5) is 0 Å². The lowest BCUT2D eigenvalue weighted by Crippen LogP contribution is -2.46. The minimum atomic E-state index is -1.05. The predicted molar refractivity (Wildman–Crippen MR) is 132 cm³/mol. The van der Waals surface area contributed by atoms with Gasteiger partial charge in [-0.2, -0.15) is 4.80 Å². The van der Waals surface area contributed by atoms with Gasteiger partial charge in [-0.05, 0) is 66.6 Å². The van der Waals surface area contributed by atoms with Gasteiger partial charge >= 0.3 is 0 Å². The molecule has 1 aliphatic heterocycles. The summed E-state index contributed by atoms with van der Waals surface area (Å²) >= 11 is 0. The molecule has 4 aromatic rings. The molecule has 4 heterocycles. The van der Waals surface area contributed by atoms with Crippen LogP contribution in [-0.2, 0) is 27.4 Å². The summed E-state index contributed by atoms with van der Waals surface area (Å²) in [6.45, 7) is 0.800. The Morgan fingerprint density at radius 2 is 1.97 bits per heavy atom. The van der Waals surface area contributed by atoms with Crippen molar-refractivity contribution in [3.63, 3.8) is 0 Å². The molecule has 1 N–H and O–H groups in total. The Morgan fingerprint density at radius 1 is 1.16 bits per heavy atom. The first-order chi connectivity index (χ1) is 18.6. The van der Waals surface area contributed by atoms with Gasteiger partial charge in [-0.1, -0.05) is 0 Å². The van der Waals surface area contributed by atoms with Gasteiger partial charge in [0.25, 0.3) is 5.91 Å². The molecule has 1 fully saturated rings. The molecule has 0 bridgehead atoms. The molecule has 198 valence electrons. The number of ether oxygens (including phenoxy) is 2. The first-order valence-corrected chi connectivity index (χ1v) is 12.3. The van der Waals surface area contributed by atoms with Crippen LogP contribution in [-0.4, -0.2) is 63.3 Å². The van der Waals surface area contributed by atoms with E-state index in [9.17, 15) is 9.59 Å². The van der Waals surface area contributed by atoms with Crippen LogP contribution in [0, 0.1) is 0 Å². The Balaban J connectivity index is 1.37. The fraction of sp³-hybridized carbons (Fsp3) is 0.346. The van der Waals surface area contributed by atoms with Gasteiger partial charge in [0, 0.05) is 18.7 Å². The lowest BCUT2D eigenvalue weighted by molar-refractivity contribution is -0.143. The molecule has 12 heteroatoms. The second-order valence-corrected chi connectivity index (χ2v) is 8.77. The summed E-state index contributed by atoms with van der Waals surface area (Å²) in [5, 5.41) is 15.4. The predicted octanol–water partition coefficient (Wildman–Crippen LogP) is 2.60. The summed E-state index contributed by atoms with van der Waals surface area (Å²) in [7, 11) is 1.59. The maximum atomic E-state index is 13.7. The highest BCUT2D eigenvalue weighted by molar-refractivity contribution is 5.88. The molecule has 0 aliphatic carbocycles. The Bertz CT molecular complexity index is 1310. The van der Waals surface area contributed by atoms with E-state index in [-0.39, 0.29) is 25.1 Å². The zero-order valence-electron chi connectivity index (χ0n) is 20.9. The number of furan rings is 2. The average Bonchev–Trinajstić information content (AvgIpc) is 3.76. The van der Waals surface area contributed by atoms with Crippen molar-refractivity contribution in [3.8, 4) is 17.1 Å². The minimum absolute atomic E-state index is 0.0323. The van der Waals surface area contributed by atoms with Gasteiger partial charge in [-0.3, -0.25) is 9.59 Å². The highest BCUT2D eigenvalue weighted by Gasteiger charge is 2.35. The van der Waals surface area contributed by atoms with Crippen LogP contribution in [0.1, 0.15) is 30.4 Å². The summed E-state index contributed by atoms with van der Waals surface area (Å²) in [5.41, 5.74) is 0.721. The zero-order chi connectivity index (χ0) is 26.3. The SMILES string of the molecule is COc1ccc(-c2nnn(CC(=O)N(Cc3ccco3)[C@@H](C(=O)NC[C@@H]3CCCO3)c3ccco3)n2)cc1. The summed E-state index contributed by atoms with van der Waals surface area (Å²) in [4.78, 5) is 29.7. The van der Waals surface area contributed by atoms with Crippen molar-refractivity contribution in [1.82, 2.24) is 30.4 Å². The molecular formula is C26H28N6O6. The van der Waals surface area contributed by atoms with E-state index in [4.69, 9.17) is 18.3 Å². The summed E-state index contributed by atoms with van der Waals surface area (Å²) in [5.74, 6) is 1.07. The van der Waals surface area contributed by atoms with Crippen LogP contribution >= 0.6 is 0 Å². The normalized spacial score (nSPS) is 15.8. The number of carbonyl (C=O) groups is 2. The number of hydrogen-bond acceptors (Lipinski definition) is 9. The minimum Gasteiger partial charge on any atom is -0.497 e. The number of benzene rings is 1. The zero-order valence-corrected chi connectivity index (χ0v) is 20.9. The third kappa shape index (κ3) is 5.92. The average molecular weight is 521 g/mol. The van der Waals surface area contributed by atoms with Crippen molar-refractivity contribution in [2.24, 2.45) is 0 Å². The molecule has 1 aliphatic rings. The van der Waals surface area contributed by atoms with Gasteiger partial charge in [0.05, 0.1) is 32.3 Å². The van der Waals surface area contributed by atoms with Gasteiger partial charge in [0.15, 0.2) is 6.04 Å². The van der Waals surface area contributed by atoms with Crippen LogP contribution in [0.2, 0.25) is 0 Å². The number of hydrogen-bond donors (Lipinski definition) is 1. The van der Waals surface area contributed by atoms with Crippen LogP contribution < -0.4 is 10.1 Å². The molecular weight excluding hydrogens is 492 g/mol. The molecule has 1 aromatic carbocycles. The molecule has 3 aromatic heterocycles. The quantitative estimate of drug-likeness (QED) is 0.316. The van der Waals surface area contributed by atoms with Crippen LogP contribution in [0.5, 0.6) is 5.75 Å². The Hall–Kier alpha value is -4.45. The smallest absolute Gasteiger partial charge is 0.250 e. The van der Waals surface area contributed by atoms with Crippen LogP contribution in [0.3, 0.4) is 0 Å². The first kappa shape index (κ1) is 25.2. The topological polar surface area (TPSA) is 138 Å². The number of nitrogens with one attached hydrogen (secondary N) is 1. The summed E-state index contributed by atoms with van der Waals surface area (Å²) in [6, 6.07) is 12.9. The van der Waals surface area contributed by atoms with Gasteiger partial charge in [0.2, 0.25) is 11.7 Å². The molecule has 12 nitrogen and oxygen atoms in total. The lowest BCUT2D eigenvalue weighted by atomic mass is 10.1. The van der Waals surface area contributed by atoms with Crippen LogP contribution in [0.25, 0.3) is 11.4 Å². The Labute approximate surface area is 218 Å². The van der Waals surface area contributed by atoms with Crippen molar-refractivity contribution < 1.29 is 27.9 Å². The molecule has 38 heavy (non-hydrogen) atoms. The second kappa shape index (κ2) is 11.7. The summed E-state index contributed by atoms with van der Waals surface area (Å²) in [6.07, 6.45) is 4.74. The number of tetrazole rings is 1. The van der Waals surface area contributed by atoms with Crippen molar-refractivity contribution in [2.75, 3.05) is 20.3 Å². The number of amides is 2. The fourth-order valence-corrected chi connectivity index (χ4v) is 4.26. The van der Waals surface area contributed by atoms with E-state index in [0.29, 0.717) is 36.2 Å². The van der Waals surface area contributed by atoms with Gasteiger partial charge in [-0.25, -0.2) is 0 Å². The lowest BCUT2D eigenvalue weighted by Gasteiger charge is -2.29. The van der Waals surface area contributed by atoms with Crippen molar-refractivity contribution in [2.45, 2.75) is 38.1 Å². The van der Waals surface area contributed by atoms with Gasteiger partial charge in [0.1, 0.15) is 23.8 Å². The largest absolute Gasteiger partial charge is 0.497 e. The first-order valence-electron chi connectivity index (χ1n) is 12.3. The van der Waals surface area contributed by atoms with Crippen molar-refractivity contribution in [1.29, 1.82) is 0 Å². The van der Waals surface area contributed by atoms with Crippen molar-refractivity contribution >= 4 is 11.8 Å². The van der Waals surface area contributed by atoms with E-state index in [1.54, 1.807) is 55.6 Å². The molecule has 2 atom stereocenters. The number of carbonyl (C=O) groups excluding carboxylic acids is 2. The van der Waals surface area contributed by atoms with E-state index in [1.165, 1.54) is 22.2 Å². The number of nitrogens with zero attached hydrogens (tertiary/aromatic N) is 5. The molecule has 0 spiro atoms. The molecule has 0 saturated carbocycles. The third-order valence-electron chi connectivity index (χ3n) is 6.21. The van der Waals surface area contributed by atoms with E-state index >= 15 is 0 Å². The summed E-state index contributed by atoms with van der Waals surface area (Å²) < 4.78 is 21.9. The molecule has 5 rings (SSSR count). The monoisotopic (exact) mass is 520 g/mol. The number of rotatable bonds is 11. The standard InChI is InChI=1S/C26H28N6O6/c1-35-19-10-8-18(9-11-19)25-28-30-32(29-25)17-23(33)31(16-21-6-3-13-37-21)24(22-7-4-14-38-22)26(34)27-15-20-5-2-12-36-20/h3-4,6-11,13-14,20,24H,2,5,12,15-17H2,1H3,(H,27,34)/t20-,24+/m0/s1. The van der Waals surface area contributed by atoms with Gasteiger partial charge < -0.3 is 28.5 Å². The third-order valence-corrected chi connectivity index (χ3v) is 6.21. The highest BCUT2D eigenvalue weighted by atomic mass is 16.5. The molecule has 1 saturated heterocycles. The van der Waals surface area contributed by atoms with E-state index in [1.807, 2.05) is 0 Å². The highest BCUT2D eigenvalue weighted by Crippen LogP contribution is 2.25. The maximum Gasteiger partial charge on any atom is 0.250 e. The van der Waals surface area contributed by atoms with E-state index in [0.717, 1.165) is 18.4 Å². The number of aromatic nitrogens is 4. The molecule has 0 radical (unpaired) electrons. The fourth-order valence-electron chi connectivity index (χ4n) is 4.26. The van der Waals surface area contributed by atoms with Crippen LogP contribution in [0.15, 0.2) is 69.9 Å². The second-order valence-electron chi connectivity index (χ2n) is 8.77. The number of methoxy groups -OCH3 is 1. The van der Waals surface area contributed by atoms with E-state index < -0.39 is 11.9 Å². The molecule has 0 unspecified atom stereocenters. The molecule has 2 amide bonds. The van der Waals surface area contributed by atoms with Crippen molar-refractivity contribution in [3.05, 3.63) is 72.6 Å². The van der Waals surface area contributed by atoms with Gasteiger partial charge in [-0.15, -0.1) is 10.2 Å². The van der Waals surface area contributed by atoms with E-state index in [2.05, 4.69) is 20.7 Å². The maximum absolute atomic E-state index is 13.7. The Morgan fingerprint density at radius 3 is 2.66 bits per heavy atom. The Kier molecular flexibility index (Phi) is 7.78.